The molecule has 1 amide bonds. The van der Waals surface area contributed by atoms with Gasteiger partial charge in [-0.05, 0) is 42.8 Å². The highest BCUT2D eigenvalue weighted by Crippen LogP contribution is 2.37. The molecule has 0 aliphatic heterocycles. The van der Waals surface area contributed by atoms with E-state index in [1.54, 1.807) is 13.0 Å². The van der Waals surface area contributed by atoms with Crippen LogP contribution in [0, 0.1) is 6.92 Å². The van der Waals surface area contributed by atoms with E-state index in [1.807, 2.05) is 0 Å². The largest absolute Gasteiger partial charge is 0.417 e. The van der Waals surface area contributed by atoms with Crippen molar-refractivity contribution in [1.29, 1.82) is 0 Å². The van der Waals surface area contributed by atoms with Crippen molar-refractivity contribution in [3.05, 3.63) is 64.7 Å². The molecule has 0 spiro atoms. The van der Waals surface area contributed by atoms with Gasteiger partial charge >= 0.3 is 12.4 Å². The number of aryl methyl sites for hydroxylation is 1. The van der Waals surface area contributed by atoms with Crippen molar-refractivity contribution in [2.45, 2.75) is 24.2 Å². The number of hydrogen-bond donors (Lipinski definition) is 1. The Balaban J connectivity index is 2.47. The van der Waals surface area contributed by atoms with E-state index in [0.29, 0.717) is 5.56 Å². The van der Waals surface area contributed by atoms with Gasteiger partial charge in [0.05, 0.1) is 21.6 Å². The summed E-state index contributed by atoms with van der Waals surface area (Å²) in [5.41, 5.74) is -4.25. The van der Waals surface area contributed by atoms with Crippen LogP contribution in [0.1, 0.15) is 27.0 Å². The van der Waals surface area contributed by atoms with Crippen LogP contribution in [0.2, 0.25) is 0 Å². The smallest absolute Gasteiger partial charge is 0.268 e. The van der Waals surface area contributed by atoms with E-state index in [-0.39, 0.29) is 23.1 Å². The molecule has 2 aromatic carbocycles. The first-order chi connectivity index (χ1) is 12.2. The minimum atomic E-state index is -5.30. The summed E-state index contributed by atoms with van der Waals surface area (Å²) in [4.78, 5) is 11.7. The molecule has 0 unspecified atom stereocenters. The molecule has 0 heterocycles. The highest BCUT2D eigenvalue weighted by atomic mass is 32.2. The third-order valence-corrected chi connectivity index (χ3v) is 4.75. The number of carbonyl (C=O) groups is 1. The van der Waals surface area contributed by atoms with Crippen molar-refractivity contribution in [2.24, 2.45) is 0 Å². The number of sulfonamides is 1. The van der Waals surface area contributed by atoms with Crippen LogP contribution in [-0.4, -0.2) is 14.3 Å². The lowest BCUT2D eigenvalue weighted by atomic mass is 10.0. The molecule has 0 radical (unpaired) electrons. The average Bonchev–Trinajstić information content (AvgIpc) is 2.52. The van der Waals surface area contributed by atoms with Gasteiger partial charge < -0.3 is 0 Å². The molecule has 0 bridgehead atoms. The van der Waals surface area contributed by atoms with E-state index >= 15 is 0 Å². The summed E-state index contributed by atoms with van der Waals surface area (Å²) >= 11 is 0. The minimum Gasteiger partial charge on any atom is -0.268 e. The number of alkyl halides is 6. The van der Waals surface area contributed by atoms with Crippen molar-refractivity contribution < 1.29 is 39.6 Å². The molecule has 0 aromatic heterocycles. The lowest BCUT2D eigenvalue weighted by Gasteiger charge is -2.16. The molecule has 0 saturated heterocycles. The molecule has 27 heavy (non-hydrogen) atoms. The number of benzene rings is 2. The van der Waals surface area contributed by atoms with Gasteiger partial charge in [0, 0.05) is 0 Å². The molecule has 0 aliphatic rings. The van der Waals surface area contributed by atoms with Crippen LogP contribution in [0.25, 0.3) is 0 Å². The maximum absolute atomic E-state index is 13.1. The molecule has 2 aromatic rings. The predicted molar refractivity (Wildman–Crippen MR) is 82.3 cm³/mol. The van der Waals surface area contributed by atoms with Crippen LogP contribution in [0.4, 0.5) is 26.3 Å². The van der Waals surface area contributed by atoms with Crippen LogP contribution >= 0.6 is 0 Å². The maximum atomic E-state index is 13.1. The molecule has 1 N–H and O–H groups in total. The van der Waals surface area contributed by atoms with Gasteiger partial charge in [-0.2, -0.15) is 26.3 Å². The topological polar surface area (TPSA) is 63.2 Å². The van der Waals surface area contributed by atoms with Gasteiger partial charge in [0.1, 0.15) is 0 Å². The second-order valence-electron chi connectivity index (χ2n) is 5.51. The number of rotatable bonds is 3. The van der Waals surface area contributed by atoms with Crippen LogP contribution in [-0.2, 0) is 22.4 Å². The first kappa shape index (κ1) is 20.7. The lowest BCUT2D eigenvalue weighted by Crippen LogP contribution is -2.32. The Morgan fingerprint density at radius 3 is 2.07 bits per heavy atom. The molecular formula is C16H11F6NO3S. The zero-order valence-electron chi connectivity index (χ0n) is 13.4. The lowest BCUT2D eigenvalue weighted by molar-refractivity contribution is -0.143. The quantitative estimate of drug-likeness (QED) is 0.772. The van der Waals surface area contributed by atoms with Gasteiger partial charge in [-0.3, -0.25) is 4.79 Å². The summed E-state index contributed by atoms with van der Waals surface area (Å²) in [5.74, 6) is -1.70. The molecule has 0 aliphatic carbocycles. The van der Waals surface area contributed by atoms with E-state index in [2.05, 4.69) is 0 Å². The van der Waals surface area contributed by atoms with Crippen LogP contribution in [0.5, 0.6) is 0 Å². The summed E-state index contributed by atoms with van der Waals surface area (Å²) in [6.07, 6.45) is -10.4. The summed E-state index contributed by atoms with van der Waals surface area (Å²) in [6, 6.07) is 5.50. The van der Waals surface area contributed by atoms with E-state index < -0.39 is 45.0 Å². The Kier molecular flexibility index (Phi) is 5.28. The van der Waals surface area contributed by atoms with Crippen molar-refractivity contribution in [1.82, 2.24) is 4.72 Å². The van der Waals surface area contributed by atoms with Gasteiger partial charge in [0.2, 0.25) is 0 Å². The van der Waals surface area contributed by atoms with Crippen LogP contribution in [0.15, 0.2) is 47.4 Å². The Bertz CT molecular complexity index is 980. The Labute approximate surface area is 149 Å². The molecule has 2 rings (SSSR count). The van der Waals surface area contributed by atoms with E-state index in [0.717, 1.165) is 6.07 Å². The van der Waals surface area contributed by atoms with E-state index in [4.69, 9.17) is 0 Å². The van der Waals surface area contributed by atoms with Crippen molar-refractivity contribution in [3.63, 3.8) is 0 Å². The van der Waals surface area contributed by atoms with Crippen molar-refractivity contribution in [2.75, 3.05) is 0 Å². The third-order valence-electron chi connectivity index (χ3n) is 3.42. The summed E-state index contributed by atoms with van der Waals surface area (Å²) < 4.78 is 103. The van der Waals surface area contributed by atoms with Crippen molar-refractivity contribution >= 4 is 15.9 Å². The second kappa shape index (κ2) is 6.87. The van der Waals surface area contributed by atoms with Crippen molar-refractivity contribution in [3.8, 4) is 0 Å². The molecule has 0 atom stereocenters. The van der Waals surface area contributed by atoms with E-state index in [9.17, 15) is 39.6 Å². The first-order valence-corrected chi connectivity index (χ1v) is 8.62. The van der Waals surface area contributed by atoms with Gasteiger partial charge in [0.25, 0.3) is 15.9 Å². The zero-order valence-corrected chi connectivity index (χ0v) is 14.3. The maximum Gasteiger partial charge on any atom is 0.417 e. The fourth-order valence-electron chi connectivity index (χ4n) is 2.17. The monoisotopic (exact) mass is 411 g/mol. The third kappa shape index (κ3) is 4.79. The number of nitrogens with one attached hydrogen (secondary N) is 1. The SMILES string of the molecule is Cc1cccc(S(=O)(=O)NC(=O)c2ccc(C(F)(F)F)cc2C(F)(F)F)c1. The molecular weight excluding hydrogens is 400 g/mol. The average molecular weight is 411 g/mol. The first-order valence-electron chi connectivity index (χ1n) is 7.14. The van der Waals surface area contributed by atoms with Crippen LogP contribution < -0.4 is 4.72 Å². The Morgan fingerprint density at radius 2 is 1.56 bits per heavy atom. The van der Waals surface area contributed by atoms with Gasteiger partial charge in [0.15, 0.2) is 0 Å². The number of halogens is 6. The normalized spacial score (nSPS) is 12.7. The molecule has 4 nitrogen and oxygen atoms in total. The number of carbonyl (C=O) groups excluding carboxylic acids is 1. The molecule has 146 valence electrons. The number of hydrogen-bond acceptors (Lipinski definition) is 3. The summed E-state index contributed by atoms with van der Waals surface area (Å²) in [7, 11) is -4.52. The minimum absolute atomic E-state index is 0.242. The second-order valence-corrected chi connectivity index (χ2v) is 7.19. The van der Waals surface area contributed by atoms with E-state index in [1.165, 1.54) is 16.9 Å². The van der Waals surface area contributed by atoms with Gasteiger partial charge in [-0.1, -0.05) is 12.1 Å². The Morgan fingerprint density at radius 1 is 0.926 bits per heavy atom. The Hall–Kier alpha value is -2.56. The molecule has 0 fully saturated rings. The summed E-state index contributed by atoms with van der Waals surface area (Å²) in [5, 5.41) is 0. The van der Waals surface area contributed by atoms with Gasteiger partial charge in [-0.15, -0.1) is 0 Å². The fourth-order valence-corrected chi connectivity index (χ4v) is 3.24. The fraction of sp³-hybridized carbons (Fsp3) is 0.188. The predicted octanol–water partition coefficient (Wildman–Crippen LogP) is 4.15. The standard InChI is InChI=1S/C16H11F6NO3S/c1-9-3-2-4-11(7-9)27(25,26)23-14(24)12-6-5-10(15(17,18)19)8-13(12)16(20,21)22/h2-8H,1H3,(H,23,24). The van der Waals surface area contributed by atoms with Gasteiger partial charge in [-0.25, -0.2) is 13.1 Å². The highest BCUT2D eigenvalue weighted by molar-refractivity contribution is 7.90. The van der Waals surface area contributed by atoms with Crippen LogP contribution in [0.3, 0.4) is 0 Å². The molecule has 0 saturated carbocycles. The summed E-state index contributed by atoms with van der Waals surface area (Å²) in [6.45, 7) is 1.55. The zero-order chi connectivity index (χ0) is 20.6. The molecule has 11 heteroatoms. The highest BCUT2D eigenvalue weighted by Gasteiger charge is 2.40. The number of amides is 1.